The van der Waals surface area contributed by atoms with Gasteiger partial charge in [0.25, 0.3) is 0 Å². The SMILES string of the molecule is C=CCN(CC(C)C(=O)O)c1ccc(C)cn1. The third-order valence-corrected chi connectivity index (χ3v) is 2.49. The maximum absolute atomic E-state index is 10.9. The summed E-state index contributed by atoms with van der Waals surface area (Å²) in [6.07, 6.45) is 3.52. The van der Waals surface area contributed by atoms with Crippen molar-refractivity contribution in [3.05, 3.63) is 36.5 Å². The number of anilines is 1. The number of carboxylic acids is 1. The molecule has 0 saturated carbocycles. The minimum atomic E-state index is -0.800. The van der Waals surface area contributed by atoms with E-state index in [-0.39, 0.29) is 0 Å². The third-order valence-electron chi connectivity index (χ3n) is 2.49. The van der Waals surface area contributed by atoms with Crippen LogP contribution in [0.25, 0.3) is 0 Å². The highest BCUT2D eigenvalue weighted by Crippen LogP contribution is 2.13. The monoisotopic (exact) mass is 234 g/mol. The molecule has 1 unspecified atom stereocenters. The van der Waals surface area contributed by atoms with Gasteiger partial charge in [-0.1, -0.05) is 19.1 Å². The molecule has 0 bridgehead atoms. The van der Waals surface area contributed by atoms with E-state index in [4.69, 9.17) is 5.11 Å². The molecule has 1 heterocycles. The lowest BCUT2D eigenvalue weighted by Gasteiger charge is -2.24. The van der Waals surface area contributed by atoms with Gasteiger partial charge in [-0.3, -0.25) is 4.79 Å². The predicted octanol–water partition coefficient (Wildman–Crippen LogP) is 2.10. The normalized spacial score (nSPS) is 11.9. The van der Waals surface area contributed by atoms with Gasteiger partial charge in [0, 0.05) is 19.3 Å². The second-order valence-electron chi connectivity index (χ2n) is 4.13. The van der Waals surface area contributed by atoms with Gasteiger partial charge in [0.15, 0.2) is 0 Å². The van der Waals surface area contributed by atoms with Crippen LogP contribution in [-0.2, 0) is 4.79 Å². The fraction of sp³-hybridized carbons (Fsp3) is 0.385. The van der Waals surface area contributed by atoms with Crippen molar-refractivity contribution in [1.82, 2.24) is 4.98 Å². The number of aromatic nitrogens is 1. The first-order valence-corrected chi connectivity index (χ1v) is 5.56. The van der Waals surface area contributed by atoms with Crippen molar-refractivity contribution in [3.63, 3.8) is 0 Å². The van der Waals surface area contributed by atoms with Crippen LogP contribution in [0.2, 0.25) is 0 Å². The number of aliphatic carboxylic acids is 1. The molecule has 0 spiro atoms. The molecular formula is C13H18N2O2. The van der Waals surface area contributed by atoms with E-state index < -0.39 is 11.9 Å². The molecule has 17 heavy (non-hydrogen) atoms. The molecule has 0 aliphatic heterocycles. The zero-order valence-electron chi connectivity index (χ0n) is 10.3. The summed E-state index contributed by atoms with van der Waals surface area (Å²) in [5.74, 6) is -0.451. The number of nitrogens with zero attached hydrogens (tertiary/aromatic N) is 2. The van der Waals surface area contributed by atoms with Crippen LogP contribution in [0.3, 0.4) is 0 Å². The van der Waals surface area contributed by atoms with Crippen molar-refractivity contribution < 1.29 is 9.90 Å². The molecule has 0 saturated heterocycles. The van der Waals surface area contributed by atoms with E-state index >= 15 is 0 Å². The smallest absolute Gasteiger partial charge is 0.308 e. The van der Waals surface area contributed by atoms with Gasteiger partial charge in [0.1, 0.15) is 5.82 Å². The Kier molecular flexibility index (Phi) is 4.69. The molecule has 1 aromatic heterocycles. The van der Waals surface area contributed by atoms with Gasteiger partial charge in [-0.15, -0.1) is 6.58 Å². The van der Waals surface area contributed by atoms with Crippen molar-refractivity contribution in [2.45, 2.75) is 13.8 Å². The lowest BCUT2D eigenvalue weighted by atomic mass is 10.1. The number of hydrogen-bond acceptors (Lipinski definition) is 3. The molecule has 1 rings (SSSR count). The minimum Gasteiger partial charge on any atom is -0.481 e. The zero-order chi connectivity index (χ0) is 12.8. The number of carboxylic acid groups (broad SMARTS) is 1. The molecule has 4 nitrogen and oxygen atoms in total. The standard InChI is InChI=1S/C13H18N2O2/c1-4-7-15(9-11(3)13(16)17)12-6-5-10(2)8-14-12/h4-6,8,11H,1,7,9H2,2-3H3,(H,16,17). The molecule has 1 aromatic rings. The maximum Gasteiger partial charge on any atom is 0.308 e. The summed E-state index contributed by atoms with van der Waals surface area (Å²) in [7, 11) is 0. The zero-order valence-corrected chi connectivity index (χ0v) is 10.3. The fourth-order valence-electron chi connectivity index (χ4n) is 1.47. The van der Waals surface area contributed by atoms with Crippen molar-refractivity contribution in [2.75, 3.05) is 18.0 Å². The molecule has 0 aliphatic carbocycles. The van der Waals surface area contributed by atoms with E-state index in [1.807, 2.05) is 24.0 Å². The van der Waals surface area contributed by atoms with Crippen molar-refractivity contribution in [3.8, 4) is 0 Å². The summed E-state index contributed by atoms with van der Waals surface area (Å²) in [5.41, 5.74) is 1.08. The van der Waals surface area contributed by atoms with Gasteiger partial charge < -0.3 is 10.0 Å². The van der Waals surface area contributed by atoms with Crippen LogP contribution in [0.1, 0.15) is 12.5 Å². The predicted molar refractivity (Wildman–Crippen MR) is 68.2 cm³/mol. The van der Waals surface area contributed by atoms with Gasteiger partial charge in [0.05, 0.1) is 5.92 Å². The summed E-state index contributed by atoms with van der Waals surface area (Å²) in [6, 6.07) is 3.86. The van der Waals surface area contributed by atoms with Gasteiger partial charge >= 0.3 is 5.97 Å². The Morgan fingerprint density at radius 3 is 2.82 bits per heavy atom. The van der Waals surface area contributed by atoms with Gasteiger partial charge in [-0.25, -0.2) is 4.98 Å². The average molecular weight is 234 g/mol. The molecule has 0 fully saturated rings. The molecular weight excluding hydrogens is 216 g/mol. The first kappa shape index (κ1) is 13.2. The number of aryl methyl sites for hydroxylation is 1. The Balaban J connectivity index is 2.81. The van der Waals surface area contributed by atoms with Gasteiger partial charge in [-0.2, -0.15) is 0 Å². The summed E-state index contributed by atoms with van der Waals surface area (Å²) in [6.45, 7) is 8.35. The Morgan fingerprint density at radius 1 is 1.65 bits per heavy atom. The van der Waals surface area contributed by atoms with E-state index in [1.165, 1.54) is 0 Å². The van der Waals surface area contributed by atoms with Crippen LogP contribution in [-0.4, -0.2) is 29.1 Å². The Labute approximate surface area is 102 Å². The molecule has 1 N–H and O–H groups in total. The van der Waals surface area contributed by atoms with Crippen molar-refractivity contribution in [1.29, 1.82) is 0 Å². The van der Waals surface area contributed by atoms with Crippen molar-refractivity contribution in [2.24, 2.45) is 5.92 Å². The summed E-state index contributed by atoms with van der Waals surface area (Å²) < 4.78 is 0. The largest absolute Gasteiger partial charge is 0.481 e. The van der Waals surface area contributed by atoms with Crippen LogP contribution in [0.15, 0.2) is 31.0 Å². The highest BCUT2D eigenvalue weighted by atomic mass is 16.4. The van der Waals surface area contributed by atoms with Crippen LogP contribution >= 0.6 is 0 Å². The average Bonchev–Trinajstić information content (AvgIpc) is 2.29. The van der Waals surface area contributed by atoms with Crippen LogP contribution < -0.4 is 4.90 Å². The van der Waals surface area contributed by atoms with E-state index in [1.54, 1.807) is 19.2 Å². The lowest BCUT2D eigenvalue weighted by molar-refractivity contribution is -0.140. The van der Waals surface area contributed by atoms with E-state index in [9.17, 15) is 4.79 Å². The van der Waals surface area contributed by atoms with E-state index in [0.29, 0.717) is 13.1 Å². The topological polar surface area (TPSA) is 53.4 Å². The molecule has 1 atom stereocenters. The van der Waals surface area contributed by atoms with E-state index in [2.05, 4.69) is 11.6 Å². The Bertz CT molecular complexity index is 387. The van der Waals surface area contributed by atoms with Gasteiger partial charge in [-0.05, 0) is 18.6 Å². The van der Waals surface area contributed by atoms with Crippen LogP contribution in [0.4, 0.5) is 5.82 Å². The van der Waals surface area contributed by atoms with Gasteiger partial charge in [0.2, 0.25) is 0 Å². The highest BCUT2D eigenvalue weighted by molar-refractivity contribution is 5.70. The minimum absolute atomic E-state index is 0.428. The quantitative estimate of drug-likeness (QED) is 0.766. The molecule has 0 amide bonds. The first-order chi connectivity index (χ1) is 8.04. The van der Waals surface area contributed by atoms with Crippen LogP contribution in [0, 0.1) is 12.8 Å². The summed E-state index contributed by atoms with van der Waals surface area (Å²) in [5, 5.41) is 8.92. The third kappa shape index (κ3) is 3.90. The second kappa shape index (κ2) is 6.03. The van der Waals surface area contributed by atoms with E-state index in [0.717, 1.165) is 11.4 Å². The molecule has 0 aliphatic rings. The fourth-order valence-corrected chi connectivity index (χ4v) is 1.47. The lowest BCUT2D eigenvalue weighted by Crippen LogP contribution is -2.32. The number of pyridine rings is 1. The Hall–Kier alpha value is -1.84. The highest BCUT2D eigenvalue weighted by Gasteiger charge is 2.16. The molecule has 4 heteroatoms. The van der Waals surface area contributed by atoms with Crippen molar-refractivity contribution >= 4 is 11.8 Å². The number of rotatable bonds is 6. The first-order valence-electron chi connectivity index (χ1n) is 5.56. The second-order valence-corrected chi connectivity index (χ2v) is 4.13. The molecule has 0 radical (unpaired) electrons. The Morgan fingerprint density at radius 2 is 2.35 bits per heavy atom. The molecule has 0 aromatic carbocycles. The summed E-state index contributed by atoms with van der Waals surface area (Å²) >= 11 is 0. The van der Waals surface area contributed by atoms with Crippen LogP contribution in [0.5, 0.6) is 0 Å². The number of hydrogen-bond donors (Lipinski definition) is 1. The number of carbonyl (C=O) groups is 1. The summed E-state index contributed by atoms with van der Waals surface area (Å²) in [4.78, 5) is 17.1. The maximum atomic E-state index is 10.9. The molecule has 92 valence electrons.